The summed E-state index contributed by atoms with van der Waals surface area (Å²) in [7, 11) is 1.88. The summed E-state index contributed by atoms with van der Waals surface area (Å²) in [5.41, 5.74) is -0.174. The van der Waals surface area contributed by atoms with Crippen molar-refractivity contribution in [3.05, 3.63) is 41.5 Å². The highest BCUT2D eigenvalue weighted by Gasteiger charge is 2.24. The molecular weight excluding hydrogens is 262 g/mol. The number of halogens is 2. The molecule has 1 aromatic rings. The van der Waals surface area contributed by atoms with E-state index >= 15 is 0 Å². The Morgan fingerprint density at radius 2 is 2.15 bits per heavy atom. The van der Waals surface area contributed by atoms with Gasteiger partial charge in [-0.25, -0.2) is 8.78 Å². The van der Waals surface area contributed by atoms with Crippen molar-refractivity contribution < 1.29 is 13.6 Å². The molecule has 1 unspecified atom stereocenters. The summed E-state index contributed by atoms with van der Waals surface area (Å²) >= 11 is 0. The highest BCUT2D eigenvalue weighted by molar-refractivity contribution is 5.92. The van der Waals surface area contributed by atoms with Gasteiger partial charge < -0.3 is 10.2 Å². The predicted octanol–water partition coefficient (Wildman–Crippen LogP) is 2.05. The van der Waals surface area contributed by atoms with Crippen molar-refractivity contribution in [2.75, 3.05) is 26.7 Å². The van der Waals surface area contributed by atoms with Gasteiger partial charge in [0.25, 0.3) is 0 Å². The molecule has 1 fully saturated rings. The lowest BCUT2D eigenvalue weighted by Gasteiger charge is -2.14. The third-order valence-electron chi connectivity index (χ3n) is 3.48. The number of nitrogens with zero attached hydrogens (tertiary/aromatic N) is 1. The first kappa shape index (κ1) is 14.7. The van der Waals surface area contributed by atoms with Crippen LogP contribution in [0.3, 0.4) is 0 Å². The highest BCUT2D eigenvalue weighted by atomic mass is 19.1. The number of likely N-dealkylation sites (tertiary alicyclic amines) is 1. The Morgan fingerprint density at radius 3 is 2.80 bits per heavy atom. The maximum absolute atomic E-state index is 13.4. The first-order valence-electron chi connectivity index (χ1n) is 6.67. The second kappa shape index (κ2) is 6.61. The van der Waals surface area contributed by atoms with Crippen LogP contribution < -0.4 is 5.32 Å². The molecule has 20 heavy (non-hydrogen) atoms. The summed E-state index contributed by atoms with van der Waals surface area (Å²) < 4.78 is 26.8. The number of amides is 1. The number of benzene rings is 1. The van der Waals surface area contributed by atoms with Crippen LogP contribution in [0, 0.1) is 17.6 Å². The molecule has 0 aromatic heterocycles. The van der Waals surface area contributed by atoms with Crippen LogP contribution in [0.1, 0.15) is 12.0 Å². The molecule has 1 heterocycles. The van der Waals surface area contributed by atoms with Crippen molar-refractivity contribution in [2.24, 2.45) is 5.92 Å². The summed E-state index contributed by atoms with van der Waals surface area (Å²) in [6, 6.07) is 3.64. The molecule has 0 saturated carbocycles. The second-order valence-electron chi connectivity index (χ2n) is 4.97. The fraction of sp³-hybridized carbons (Fsp3) is 0.400. The lowest BCUT2D eigenvalue weighted by atomic mass is 10.1. The first-order chi connectivity index (χ1) is 9.61. The van der Waals surface area contributed by atoms with E-state index in [1.54, 1.807) is 4.90 Å². The van der Waals surface area contributed by atoms with Crippen LogP contribution in [-0.4, -0.2) is 37.5 Å². The number of nitrogens with one attached hydrogen (secondary N) is 1. The third kappa shape index (κ3) is 3.42. The maximum Gasteiger partial charge on any atom is 0.246 e. The summed E-state index contributed by atoms with van der Waals surface area (Å²) in [5, 5.41) is 3.09. The van der Waals surface area contributed by atoms with E-state index in [1.807, 2.05) is 7.05 Å². The van der Waals surface area contributed by atoms with Gasteiger partial charge in [0.05, 0.1) is 0 Å². The van der Waals surface area contributed by atoms with Gasteiger partial charge in [-0.05, 0) is 44.1 Å². The van der Waals surface area contributed by atoms with Gasteiger partial charge in [-0.15, -0.1) is 0 Å². The number of carbonyl (C=O) groups excluding carboxylic acids is 1. The van der Waals surface area contributed by atoms with Gasteiger partial charge in [0.1, 0.15) is 11.6 Å². The lowest BCUT2D eigenvalue weighted by molar-refractivity contribution is -0.125. The largest absolute Gasteiger partial charge is 0.339 e. The number of hydrogen-bond acceptors (Lipinski definition) is 2. The Morgan fingerprint density at radius 1 is 1.45 bits per heavy atom. The third-order valence-corrected chi connectivity index (χ3v) is 3.48. The van der Waals surface area contributed by atoms with E-state index in [-0.39, 0.29) is 11.5 Å². The van der Waals surface area contributed by atoms with E-state index < -0.39 is 11.6 Å². The number of rotatable bonds is 4. The Hall–Kier alpha value is -1.75. The number of hydrogen-bond donors (Lipinski definition) is 1. The van der Waals surface area contributed by atoms with Gasteiger partial charge in [-0.1, -0.05) is 6.07 Å². The molecule has 0 spiro atoms. The minimum absolute atomic E-state index is 0.174. The van der Waals surface area contributed by atoms with Gasteiger partial charge in [-0.3, -0.25) is 4.79 Å². The van der Waals surface area contributed by atoms with Crippen LogP contribution in [0.15, 0.2) is 24.3 Å². The van der Waals surface area contributed by atoms with Crippen LogP contribution in [0.25, 0.3) is 6.08 Å². The summed E-state index contributed by atoms with van der Waals surface area (Å²) in [6.07, 6.45) is 3.40. The molecule has 0 aliphatic carbocycles. The zero-order valence-electron chi connectivity index (χ0n) is 11.4. The van der Waals surface area contributed by atoms with Crippen LogP contribution >= 0.6 is 0 Å². The van der Waals surface area contributed by atoms with Crippen molar-refractivity contribution in [1.82, 2.24) is 10.2 Å². The van der Waals surface area contributed by atoms with Gasteiger partial charge >= 0.3 is 0 Å². The minimum Gasteiger partial charge on any atom is -0.339 e. The normalized spacial score (nSPS) is 18.9. The Balaban J connectivity index is 2.00. The van der Waals surface area contributed by atoms with Crippen molar-refractivity contribution in [2.45, 2.75) is 6.42 Å². The van der Waals surface area contributed by atoms with Crippen molar-refractivity contribution in [1.29, 1.82) is 0 Å². The van der Waals surface area contributed by atoms with Gasteiger partial charge in [0.2, 0.25) is 5.91 Å². The quantitative estimate of drug-likeness (QED) is 0.856. The van der Waals surface area contributed by atoms with Gasteiger partial charge in [-0.2, -0.15) is 0 Å². The van der Waals surface area contributed by atoms with Crippen LogP contribution in [0.5, 0.6) is 0 Å². The topological polar surface area (TPSA) is 32.3 Å². The van der Waals surface area contributed by atoms with Crippen LogP contribution in [0.4, 0.5) is 8.78 Å². The molecule has 3 nitrogen and oxygen atoms in total. The second-order valence-corrected chi connectivity index (χ2v) is 4.97. The smallest absolute Gasteiger partial charge is 0.246 e. The molecule has 0 bridgehead atoms. The summed E-state index contributed by atoms with van der Waals surface area (Å²) in [6.45, 7) is 2.24. The first-order valence-corrected chi connectivity index (χ1v) is 6.67. The molecule has 1 atom stereocenters. The molecule has 1 saturated heterocycles. The summed E-state index contributed by atoms with van der Waals surface area (Å²) in [5.74, 6) is -1.08. The molecular formula is C15H18F2N2O. The molecule has 1 aliphatic heterocycles. The SMILES string of the molecule is CNCC1CCN(C(=O)C=Cc2c(F)cccc2F)C1. The Kier molecular flexibility index (Phi) is 4.84. The van der Waals surface area contributed by atoms with Gasteiger partial charge in [0.15, 0.2) is 0 Å². The van der Waals surface area contributed by atoms with E-state index in [0.717, 1.165) is 13.0 Å². The highest BCUT2D eigenvalue weighted by Crippen LogP contribution is 2.17. The average molecular weight is 280 g/mol. The van der Waals surface area contributed by atoms with E-state index in [4.69, 9.17) is 0 Å². The molecule has 1 N–H and O–H groups in total. The zero-order chi connectivity index (χ0) is 14.5. The molecule has 2 rings (SSSR count). The van der Waals surface area contributed by atoms with Crippen LogP contribution in [-0.2, 0) is 4.79 Å². The Bertz CT molecular complexity index is 496. The fourth-order valence-corrected chi connectivity index (χ4v) is 2.42. The summed E-state index contributed by atoms with van der Waals surface area (Å²) in [4.78, 5) is 13.7. The fourth-order valence-electron chi connectivity index (χ4n) is 2.42. The van der Waals surface area contributed by atoms with E-state index in [0.29, 0.717) is 19.0 Å². The predicted molar refractivity (Wildman–Crippen MR) is 74.0 cm³/mol. The maximum atomic E-state index is 13.4. The molecule has 1 aromatic carbocycles. The number of carbonyl (C=O) groups is 1. The minimum atomic E-state index is -0.663. The van der Waals surface area contributed by atoms with E-state index in [1.165, 1.54) is 30.4 Å². The molecule has 1 amide bonds. The van der Waals surface area contributed by atoms with E-state index in [9.17, 15) is 13.6 Å². The van der Waals surface area contributed by atoms with Crippen molar-refractivity contribution >= 4 is 12.0 Å². The lowest BCUT2D eigenvalue weighted by Crippen LogP contribution is -2.28. The van der Waals surface area contributed by atoms with Crippen LogP contribution in [0.2, 0.25) is 0 Å². The molecule has 0 radical (unpaired) electrons. The van der Waals surface area contributed by atoms with Crippen molar-refractivity contribution in [3.8, 4) is 0 Å². The standard InChI is InChI=1S/C15H18F2N2O/c1-18-9-11-7-8-19(10-11)15(20)6-5-12-13(16)3-2-4-14(12)17/h2-6,11,18H,7-10H2,1H3. The monoisotopic (exact) mass is 280 g/mol. The average Bonchev–Trinajstić information content (AvgIpc) is 2.87. The molecule has 1 aliphatic rings. The zero-order valence-corrected chi connectivity index (χ0v) is 11.4. The molecule has 108 valence electrons. The van der Waals surface area contributed by atoms with Crippen molar-refractivity contribution in [3.63, 3.8) is 0 Å². The Labute approximate surface area is 117 Å². The van der Waals surface area contributed by atoms with E-state index in [2.05, 4.69) is 5.32 Å². The molecule has 5 heteroatoms. The van der Waals surface area contributed by atoms with Gasteiger partial charge in [0, 0.05) is 24.7 Å².